The zero-order chi connectivity index (χ0) is 10.9. The molecular formula is C8H14FNO3S. The molecule has 0 bridgehead atoms. The number of rotatable bonds is 3. The van der Waals surface area contributed by atoms with Crippen molar-refractivity contribution in [2.24, 2.45) is 0 Å². The summed E-state index contributed by atoms with van der Waals surface area (Å²) >= 11 is 0. The van der Waals surface area contributed by atoms with Crippen LogP contribution in [-0.2, 0) is 15.8 Å². The summed E-state index contributed by atoms with van der Waals surface area (Å²) < 4.78 is 24.6. The number of carboxylic acids is 1. The minimum atomic E-state index is -1.66. The Hall–Kier alpha value is -0.490. The monoisotopic (exact) mass is 223 g/mol. The van der Waals surface area contributed by atoms with Crippen molar-refractivity contribution in [3.63, 3.8) is 0 Å². The highest BCUT2D eigenvalue weighted by Gasteiger charge is 2.40. The molecule has 82 valence electrons. The Bertz CT molecular complexity index is 269. The first-order chi connectivity index (χ1) is 6.35. The average Bonchev–Trinajstić information content (AvgIpc) is 2.50. The van der Waals surface area contributed by atoms with Crippen molar-refractivity contribution in [2.75, 3.05) is 13.1 Å². The predicted molar refractivity (Wildman–Crippen MR) is 50.9 cm³/mol. The summed E-state index contributed by atoms with van der Waals surface area (Å²) in [7, 11) is -1.66. The second kappa shape index (κ2) is 3.94. The van der Waals surface area contributed by atoms with Crippen molar-refractivity contribution in [3.05, 3.63) is 0 Å². The van der Waals surface area contributed by atoms with Gasteiger partial charge in [-0.2, -0.15) is 0 Å². The molecule has 0 aromatic heterocycles. The molecule has 0 amide bonds. The van der Waals surface area contributed by atoms with Gasteiger partial charge in [0.1, 0.15) is 17.2 Å². The summed E-state index contributed by atoms with van der Waals surface area (Å²) in [6, 6.07) is 0. The van der Waals surface area contributed by atoms with Crippen molar-refractivity contribution in [2.45, 2.75) is 31.2 Å². The second-order valence-corrected chi connectivity index (χ2v) is 5.87. The number of nitrogens with zero attached hydrogens (tertiary/aromatic N) is 1. The summed E-state index contributed by atoms with van der Waals surface area (Å²) in [5, 5.41) is 8.82. The molecule has 1 heterocycles. The van der Waals surface area contributed by atoms with Gasteiger partial charge >= 0.3 is 5.97 Å². The van der Waals surface area contributed by atoms with Crippen LogP contribution < -0.4 is 0 Å². The molecule has 1 aliphatic rings. The summed E-state index contributed by atoms with van der Waals surface area (Å²) in [6.45, 7) is 3.21. The molecule has 1 aliphatic heterocycles. The molecule has 0 aromatic carbocycles. The molecule has 0 spiro atoms. The molecule has 6 heteroatoms. The highest BCUT2D eigenvalue weighted by atomic mass is 32.2. The number of hydrogen-bond acceptors (Lipinski definition) is 2. The zero-order valence-corrected chi connectivity index (χ0v) is 9.01. The van der Waals surface area contributed by atoms with Crippen LogP contribution in [0.25, 0.3) is 0 Å². The van der Waals surface area contributed by atoms with E-state index in [4.69, 9.17) is 5.11 Å². The van der Waals surface area contributed by atoms with E-state index in [1.54, 1.807) is 0 Å². The Morgan fingerprint density at radius 2 is 2.21 bits per heavy atom. The topological polar surface area (TPSA) is 57.6 Å². The van der Waals surface area contributed by atoms with Gasteiger partial charge in [0.15, 0.2) is 4.75 Å². The second-order valence-electron chi connectivity index (χ2n) is 3.84. The molecule has 1 saturated heterocycles. The van der Waals surface area contributed by atoms with Crippen molar-refractivity contribution in [3.8, 4) is 0 Å². The van der Waals surface area contributed by atoms with Crippen LogP contribution in [0, 0.1) is 0 Å². The summed E-state index contributed by atoms with van der Waals surface area (Å²) in [4.78, 5) is 10.8. The maximum absolute atomic E-state index is 12.8. The van der Waals surface area contributed by atoms with Gasteiger partial charge in [-0.25, -0.2) is 12.9 Å². The Balaban J connectivity index is 2.70. The van der Waals surface area contributed by atoms with E-state index in [1.165, 1.54) is 18.2 Å². The van der Waals surface area contributed by atoms with Crippen LogP contribution in [0.4, 0.5) is 4.39 Å². The fourth-order valence-electron chi connectivity index (χ4n) is 1.24. The molecule has 1 rings (SSSR count). The fourth-order valence-corrected chi connectivity index (χ4v) is 2.60. The van der Waals surface area contributed by atoms with Gasteiger partial charge in [-0.3, -0.25) is 4.79 Å². The van der Waals surface area contributed by atoms with Crippen LogP contribution >= 0.6 is 0 Å². The van der Waals surface area contributed by atoms with Crippen molar-refractivity contribution in [1.29, 1.82) is 0 Å². The lowest BCUT2D eigenvalue weighted by Crippen LogP contribution is -2.44. The Morgan fingerprint density at radius 1 is 1.64 bits per heavy atom. The van der Waals surface area contributed by atoms with Crippen molar-refractivity contribution in [1.82, 2.24) is 4.31 Å². The molecule has 0 radical (unpaired) electrons. The number of aliphatic carboxylic acids is 1. The maximum Gasteiger partial charge on any atom is 0.323 e. The number of carbonyl (C=O) groups is 1. The first kappa shape index (κ1) is 11.6. The van der Waals surface area contributed by atoms with Crippen LogP contribution in [0.5, 0.6) is 0 Å². The van der Waals surface area contributed by atoms with E-state index >= 15 is 0 Å². The third-order valence-electron chi connectivity index (χ3n) is 2.28. The van der Waals surface area contributed by atoms with Crippen LogP contribution in [0.15, 0.2) is 0 Å². The standard InChI is InChI=1S/C8H14FNO3S/c1-8(2,7(11)12)14(13)10-4-3-6(9)5-10/h6H,3-5H2,1-2H3,(H,11,12). The van der Waals surface area contributed by atoms with Crippen LogP contribution in [0.1, 0.15) is 20.3 Å². The first-order valence-corrected chi connectivity index (χ1v) is 5.50. The molecular weight excluding hydrogens is 209 g/mol. The highest BCUT2D eigenvalue weighted by molar-refractivity contribution is 7.84. The quantitative estimate of drug-likeness (QED) is 0.760. The lowest BCUT2D eigenvalue weighted by molar-refractivity contribution is -0.139. The molecule has 2 unspecified atom stereocenters. The summed E-state index contributed by atoms with van der Waals surface area (Å²) in [5.41, 5.74) is 0. The average molecular weight is 223 g/mol. The third-order valence-corrected chi connectivity index (χ3v) is 4.13. The van der Waals surface area contributed by atoms with Gasteiger partial charge in [-0.1, -0.05) is 0 Å². The van der Waals surface area contributed by atoms with E-state index in [9.17, 15) is 13.4 Å². The van der Waals surface area contributed by atoms with Crippen LogP contribution in [0.2, 0.25) is 0 Å². The lowest BCUT2D eigenvalue weighted by Gasteiger charge is -2.24. The summed E-state index contributed by atoms with van der Waals surface area (Å²) in [5.74, 6) is -1.13. The van der Waals surface area contributed by atoms with Gasteiger partial charge in [0, 0.05) is 13.1 Å². The van der Waals surface area contributed by atoms with Gasteiger partial charge in [-0.15, -0.1) is 0 Å². The van der Waals surface area contributed by atoms with Gasteiger partial charge in [-0.05, 0) is 20.3 Å². The molecule has 0 aromatic rings. The zero-order valence-electron chi connectivity index (χ0n) is 8.20. The van der Waals surface area contributed by atoms with Gasteiger partial charge in [0.25, 0.3) is 0 Å². The minimum Gasteiger partial charge on any atom is -0.480 e. The first-order valence-electron chi connectivity index (χ1n) is 4.40. The fraction of sp³-hybridized carbons (Fsp3) is 0.875. The Morgan fingerprint density at radius 3 is 2.57 bits per heavy atom. The molecule has 0 saturated carbocycles. The largest absolute Gasteiger partial charge is 0.480 e. The summed E-state index contributed by atoms with van der Waals surface area (Å²) in [6.07, 6.45) is -0.648. The smallest absolute Gasteiger partial charge is 0.323 e. The predicted octanol–water partition coefficient (Wildman–Crippen LogP) is 0.557. The molecule has 1 N–H and O–H groups in total. The van der Waals surface area contributed by atoms with Gasteiger partial charge in [0.05, 0.1) is 0 Å². The maximum atomic E-state index is 12.8. The molecule has 2 atom stereocenters. The SMILES string of the molecule is CC(C)(C(=O)O)S(=O)N1CCC(F)C1. The van der Waals surface area contributed by atoms with Crippen LogP contribution in [0.3, 0.4) is 0 Å². The number of carboxylic acid groups (broad SMARTS) is 1. The third kappa shape index (κ3) is 2.12. The van der Waals surface area contributed by atoms with E-state index < -0.39 is 27.9 Å². The van der Waals surface area contributed by atoms with E-state index in [-0.39, 0.29) is 6.54 Å². The van der Waals surface area contributed by atoms with E-state index in [1.807, 2.05) is 0 Å². The van der Waals surface area contributed by atoms with Crippen LogP contribution in [-0.4, -0.2) is 43.6 Å². The molecule has 4 nitrogen and oxygen atoms in total. The molecule has 1 fully saturated rings. The van der Waals surface area contributed by atoms with Crippen molar-refractivity contribution >= 4 is 17.0 Å². The molecule has 0 aliphatic carbocycles. The van der Waals surface area contributed by atoms with E-state index in [2.05, 4.69) is 0 Å². The number of alkyl halides is 1. The minimum absolute atomic E-state index is 0.0727. The number of halogens is 1. The van der Waals surface area contributed by atoms with E-state index in [0.29, 0.717) is 13.0 Å². The highest BCUT2D eigenvalue weighted by Crippen LogP contribution is 2.22. The van der Waals surface area contributed by atoms with Gasteiger partial charge < -0.3 is 5.11 Å². The Labute approximate surface area is 84.7 Å². The van der Waals surface area contributed by atoms with Gasteiger partial charge in [0.2, 0.25) is 0 Å². The number of hydrogen-bond donors (Lipinski definition) is 1. The lowest BCUT2D eigenvalue weighted by atomic mass is 10.2. The Kier molecular flexibility index (Phi) is 3.26. The molecule has 14 heavy (non-hydrogen) atoms. The van der Waals surface area contributed by atoms with E-state index in [0.717, 1.165) is 0 Å². The van der Waals surface area contributed by atoms with Crippen molar-refractivity contribution < 1.29 is 18.5 Å². The normalized spacial score (nSPS) is 26.4.